The molecule has 0 radical (unpaired) electrons. The monoisotopic (exact) mass is 241 g/mol. The first-order chi connectivity index (χ1) is 7.93. The van der Waals surface area contributed by atoms with Gasteiger partial charge in [-0.05, 0) is 18.8 Å². The summed E-state index contributed by atoms with van der Waals surface area (Å²) in [4.78, 5) is 22.8. The van der Waals surface area contributed by atoms with Gasteiger partial charge in [-0.2, -0.15) is 0 Å². The van der Waals surface area contributed by atoms with Crippen molar-refractivity contribution in [3.63, 3.8) is 0 Å². The largest absolute Gasteiger partial charge is 0.480 e. The Hall–Kier alpha value is -1.32. The summed E-state index contributed by atoms with van der Waals surface area (Å²) in [6, 6.07) is -0.813. The van der Waals surface area contributed by atoms with Gasteiger partial charge in [0.05, 0.1) is 0 Å². The van der Waals surface area contributed by atoms with E-state index in [1.165, 1.54) is 0 Å². The van der Waals surface area contributed by atoms with Gasteiger partial charge in [0.25, 0.3) is 0 Å². The van der Waals surface area contributed by atoms with Crippen molar-refractivity contribution < 1.29 is 14.7 Å². The van der Waals surface area contributed by atoms with Gasteiger partial charge in [-0.3, -0.25) is 4.79 Å². The van der Waals surface area contributed by atoms with Gasteiger partial charge in [-0.1, -0.05) is 33.3 Å². The molecular weight excluding hydrogens is 218 g/mol. The highest BCUT2D eigenvalue weighted by atomic mass is 16.4. The maximum atomic E-state index is 11.8. The summed E-state index contributed by atoms with van der Waals surface area (Å²) in [7, 11) is 0. The average Bonchev–Trinajstić information content (AvgIpc) is 2.31. The number of hydrogen-bond acceptors (Lipinski definition) is 2. The van der Waals surface area contributed by atoms with E-state index in [1.54, 1.807) is 6.08 Å². The molecule has 0 aliphatic carbocycles. The number of allylic oxidation sites excluding steroid dienone is 1. The Morgan fingerprint density at radius 2 is 2.00 bits per heavy atom. The van der Waals surface area contributed by atoms with Gasteiger partial charge < -0.3 is 10.4 Å². The SMILES string of the molecule is C=CCCC(NC(=O)C(C)C(C)CC)C(=O)O. The molecule has 0 bridgehead atoms. The highest BCUT2D eigenvalue weighted by molar-refractivity contribution is 5.84. The van der Waals surface area contributed by atoms with E-state index < -0.39 is 12.0 Å². The van der Waals surface area contributed by atoms with Crippen LogP contribution in [-0.2, 0) is 9.59 Å². The zero-order chi connectivity index (χ0) is 13.4. The molecule has 3 atom stereocenters. The number of carbonyl (C=O) groups excluding carboxylic acids is 1. The maximum Gasteiger partial charge on any atom is 0.326 e. The Kier molecular flexibility index (Phi) is 7.26. The molecule has 3 unspecified atom stereocenters. The van der Waals surface area contributed by atoms with E-state index >= 15 is 0 Å². The number of rotatable bonds is 8. The summed E-state index contributed by atoms with van der Waals surface area (Å²) in [5.74, 6) is -1.08. The van der Waals surface area contributed by atoms with E-state index in [0.29, 0.717) is 12.8 Å². The molecule has 0 aliphatic heterocycles. The number of aliphatic carboxylic acids is 1. The summed E-state index contributed by atoms with van der Waals surface area (Å²) in [5, 5.41) is 11.6. The lowest BCUT2D eigenvalue weighted by Crippen LogP contribution is -2.44. The van der Waals surface area contributed by atoms with Crippen molar-refractivity contribution in [3.8, 4) is 0 Å². The number of amides is 1. The first kappa shape index (κ1) is 15.7. The van der Waals surface area contributed by atoms with Crippen LogP contribution in [0.5, 0.6) is 0 Å². The highest BCUT2D eigenvalue weighted by Gasteiger charge is 2.24. The molecule has 17 heavy (non-hydrogen) atoms. The summed E-state index contributed by atoms with van der Waals surface area (Å²) < 4.78 is 0. The fourth-order valence-electron chi connectivity index (χ4n) is 1.46. The molecule has 4 nitrogen and oxygen atoms in total. The van der Waals surface area contributed by atoms with Crippen molar-refractivity contribution in [2.75, 3.05) is 0 Å². The van der Waals surface area contributed by atoms with Crippen LogP contribution in [0.2, 0.25) is 0 Å². The standard InChI is InChI=1S/C13H23NO3/c1-5-7-8-11(13(16)17)14-12(15)10(4)9(3)6-2/h5,9-11H,1,6-8H2,2-4H3,(H,14,15)(H,16,17). The van der Waals surface area contributed by atoms with Crippen LogP contribution >= 0.6 is 0 Å². The summed E-state index contributed by atoms with van der Waals surface area (Å²) in [6.45, 7) is 9.38. The highest BCUT2D eigenvalue weighted by Crippen LogP contribution is 2.15. The van der Waals surface area contributed by atoms with E-state index in [2.05, 4.69) is 11.9 Å². The molecule has 0 saturated heterocycles. The predicted octanol–water partition coefficient (Wildman–Crippen LogP) is 2.20. The molecule has 0 aromatic rings. The molecule has 0 aliphatic rings. The normalized spacial score (nSPS) is 15.7. The molecule has 0 saturated carbocycles. The summed E-state index contributed by atoms with van der Waals surface area (Å²) in [6.07, 6.45) is 3.52. The van der Waals surface area contributed by atoms with Crippen LogP contribution < -0.4 is 5.32 Å². The Bertz CT molecular complexity index is 276. The second-order valence-corrected chi connectivity index (χ2v) is 4.44. The van der Waals surface area contributed by atoms with Crippen molar-refractivity contribution in [2.24, 2.45) is 11.8 Å². The molecule has 4 heteroatoms. The Balaban J connectivity index is 4.39. The van der Waals surface area contributed by atoms with Crippen LogP contribution in [0.3, 0.4) is 0 Å². The third kappa shape index (κ3) is 5.52. The molecule has 0 spiro atoms. The Morgan fingerprint density at radius 3 is 2.41 bits per heavy atom. The quantitative estimate of drug-likeness (QED) is 0.640. The molecule has 0 rings (SSSR count). The lowest BCUT2D eigenvalue weighted by molar-refractivity contribution is -0.142. The minimum atomic E-state index is -0.989. The topological polar surface area (TPSA) is 66.4 Å². The molecule has 1 amide bonds. The van der Waals surface area contributed by atoms with Crippen molar-refractivity contribution in [1.82, 2.24) is 5.32 Å². The fourth-order valence-corrected chi connectivity index (χ4v) is 1.46. The van der Waals surface area contributed by atoms with E-state index in [4.69, 9.17) is 5.11 Å². The summed E-state index contributed by atoms with van der Waals surface area (Å²) in [5.41, 5.74) is 0. The number of carbonyl (C=O) groups is 2. The summed E-state index contributed by atoms with van der Waals surface area (Å²) >= 11 is 0. The minimum Gasteiger partial charge on any atom is -0.480 e. The number of nitrogens with one attached hydrogen (secondary N) is 1. The average molecular weight is 241 g/mol. The van der Waals surface area contributed by atoms with Crippen molar-refractivity contribution in [2.45, 2.75) is 46.1 Å². The first-order valence-electron chi connectivity index (χ1n) is 6.08. The van der Waals surface area contributed by atoms with Crippen molar-refractivity contribution in [1.29, 1.82) is 0 Å². The Morgan fingerprint density at radius 1 is 1.41 bits per heavy atom. The maximum absolute atomic E-state index is 11.8. The van der Waals surface area contributed by atoms with Crippen LogP contribution in [-0.4, -0.2) is 23.0 Å². The van der Waals surface area contributed by atoms with Crippen LogP contribution in [0.1, 0.15) is 40.0 Å². The lowest BCUT2D eigenvalue weighted by atomic mass is 9.92. The molecule has 0 heterocycles. The Labute approximate surface area is 103 Å². The molecule has 0 aromatic carbocycles. The van der Waals surface area contributed by atoms with Crippen molar-refractivity contribution in [3.05, 3.63) is 12.7 Å². The lowest BCUT2D eigenvalue weighted by Gasteiger charge is -2.21. The van der Waals surface area contributed by atoms with Gasteiger partial charge in [0.1, 0.15) is 6.04 Å². The fraction of sp³-hybridized carbons (Fsp3) is 0.692. The molecule has 0 aromatic heterocycles. The molecule has 2 N–H and O–H groups in total. The molecular formula is C13H23NO3. The van der Waals surface area contributed by atoms with Gasteiger partial charge in [-0.25, -0.2) is 4.79 Å². The predicted molar refractivity (Wildman–Crippen MR) is 67.6 cm³/mol. The smallest absolute Gasteiger partial charge is 0.326 e. The van der Waals surface area contributed by atoms with Crippen LogP contribution in [0.15, 0.2) is 12.7 Å². The van der Waals surface area contributed by atoms with Gasteiger partial charge in [0.15, 0.2) is 0 Å². The van der Waals surface area contributed by atoms with Crippen molar-refractivity contribution >= 4 is 11.9 Å². The van der Waals surface area contributed by atoms with Crippen LogP contribution in [0.4, 0.5) is 0 Å². The van der Waals surface area contributed by atoms with E-state index in [1.807, 2.05) is 20.8 Å². The molecule has 0 fully saturated rings. The number of carboxylic acids is 1. The third-order valence-electron chi connectivity index (χ3n) is 3.19. The zero-order valence-corrected chi connectivity index (χ0v) is 10.9. The van der Waals surface area contributed by atoms with Crippen LogP contribution in [0.25, 0.3) is 0 Å². The van der Waals surface area contributed by atoms with Gasteiger partial charge in [0, 0.05) is 5.92 Å². The second-order valence-electron chi connectivity index (χ2n) is 4.44. The van der Waals surface area contributed by atoms with E-state index in [-0.39, 0.29) is 17.7 Å². The number of hydrogen-bond donors (Lipinski definition) is 2. The zero-order valence-electron chi connectivity index (χ0n) is 10.9. The van der Waals surface area contributed by atoms with Crippen LogP contribution in [0, 0.1) is 11.8 Å². The van der Waals surface area contributed by atoms with Gasteiger partial charge in [-0.15, -0.1) is 6.58 Å². The number of carboxylic acid groups (broad SMARTS) is 1. The third-order valence-corrected chi connectivity index (χ3v) is 3.19. The van der Waals surface area contributed by atoms with Gasteiger partial charge >= 0.3 is 5.97 Å². The van der Waals surface area contributed by atoms with E-state index in [0.717, 1.165) is 6.42 Å². The van der Waals surface area contributed by atoms with E-state index in [9.17, 15) is 9.59 Å². The molecule has 98 valence electrons. The second kappa shape index (κ2) is 7.87. The minimum absolute atomic E-state index is 0.161. The van der Waals surface area contributed by atoms with Gasteiger partial charge in [0.2, 0.25) is 5.91 Å². The first-order valence-corrected chi connectivity index (χ1v) is 6.08.